The lowest BCUT2D eigenvalue weighted by Crippen LogP contribution is -2.13. The first-order valence-corrected chi connectivity index (χ1v) is 6.87. The molecule has 0 unspecified atom stereocenters. The van der Waals surface area contributed by atoms with Gasteiger partial charge < -0.3 is 18.6 Å². The molecule has 0 radical (unpaired) electrons. The Labute approximate surface area is 131 Å². The summed E-state index contributed by atoms with van der Waals surface area (Å²) in [5.41, 5.74) is 0.683. The van der Waals surface area contributed by atoms with Crippen molar-refractivity contribution in [2.24, 2.45) is 0 Å². The van der Waals surface area contributed by atoms with Gasteiger partial charge >= 0.3 is 5.97 Å². The van der Waals surface area contributed by atoms with Crippen LogP contribution in [0, 0.1) is 0 Å². The standard InChI is InChI=1S/C17H14O6/c1-20-14-7-11-13(8-15(14)22-9-16(18)21-2)23-12-6-4-3-5-10(12)17(11)19/h3-8H,9H2,1-2H3. The van der Waals surface area contributed by atoms with Gasteiger partial charge in [-0.2, -0.15) is 0 Å². The zero-order valence-corrected chi connectivity index (χ0v) is 12.6. The Morgan fingerprint density at radius 3 is 2.57 bits per heavy atom. The first-order valence-electron chi connectivity index (χ1n) is 6.87. The van der Waals surface area contributed by atoms with E-state index < -0.39 is 5.97 Å². The van der Waals surface area contributed by atoms with E-state index in [2.05, 4.69) is 4.74 Å². The van der Waals surface area contributed by atoms with E-state index in [4.69, 9.17) is 13.9 Å². The average molecular weight is 314 g/mol. The molecule has 1 aromatic heterocycles. The second kappa shape index (κ2) is 6.00. The Morgan fingerprint density at radius 2 is 1.83 bits per heavy atom. The lowest BCUT2D eigenvalue weighted by molar-refractivity contribution is -0.142. The van der Waals surface area contributed by atoms with Crippen molar-refractivity contribution in [1.82, 2.24) is 0 Å². The molecule has 3 aromatic rings. The third kappa shape index (κ3) is 2.70. The molecule has 118 valence electrons. The number of methoxy groups -OCH3 is 2. The summed E-state index contributed by atoms with van der Waals surface area (Å²) in [6.07, 6.45) is 0. The molecule has 0 spiro atoms. The molecule has 0 bridgehead atoms. The van der Waals surface area contributed by atoms with Crippen LogP contribution in [0.15, 0.2) is 45.6 Å². The molecule has 0 saturated heterocycles. The second-order valence-electron chi connectivity index (χ2n) is 4.79. The highest BCUT2D eigenvalue weighted by molar-refractivity contribution is 5.91. The minimum absolute atomic E-state index is 0.153. The predicted molar refractivity (Wildman–Crippen MR) is 84.1 cm³/mol. The van der Waals surface area contributed by atoms with Crippen LogP contribution >= 0.6 is 0 Å². The van der Waals surface area contributed by atoms with Crippen LogP contribution in [0.25, 0.3) is 21.9 Å². The minimum atomic E-state index is -0.521. The molecule has 0 N–H and O–H groups in total. The maximum atomic E-state index is 12.5. The molecule has 6 heteroatoms. The summed E-state index contributed by atoms with van der Waals surface area (Å²) in [5.74, 6) is 0.111. The van der Waals surface area contributed by atoms with Crippen LogP contribution in [0.4, 0.5) is 0 Å². The maximum Gasteiger partial charge on any atom is 0.343 e. The zero-order chi connectivity index (χ0) is 16.4. The lowest BCUT2D eigenvalue weighted by Gasteiger charge is -2.11. The predicted octanol–water partition coefficient (Wildman–Crippen LogP) is 2.51. The number of ether oxygens (including phenoxy) is 3. The average Bonchev–Trinajstić information content (AvgIpc) is 2.59. The summed E-state index contributed by atoms with van der Waals surface area (Å²) < 4.78 is 20.9. The van der Waals surface area contributed by atoms with Crippen molar-refractivity contribution in [1.29, 1.82) is 0 Å². The molecule has 0 saturated carbocycles. The number of rotatable bonds is 4. The third-order valence-electron chi connectivity index (χ3n) is 3.44. The van der Waals surface area contributed by atoms with E-state index in [-0.39, 0.29) is 12.0 Å². The first kappa shape index (κ1) is 14.9. The summed E-state index contributed by atoms with van der Waals surface area (Å²) in [6.45, 7) is -0.268. The van der Waals surface area contributed by atoms with Crippen LogP contribution < -0.4 is 14.9 Å². The fourth-order valence-electron chi connectivity index (χ4n) is 2.28. The monoisotopic (exact) mass is 314 g/mol. The number of benzene rings is 2. The van der Waals surface area contributed by atoms with Gasteiger partial charge in [-0.25, -0.2) is 4.79 Å². The molecule has 0 fully saturated rings. The van der Waals surface area contributed by atoms with Crippen LogP contribution in [-0.2, 0) is 9.53 Å². The Morgan fingerprint density at radius 1 is 1.04 bits per heavy atom. The van der Waals surface area contributed by atoms with Crippen LogP contribution in [0.1, 0.15) is 0 Å². The Kier molecular flexibility index (Phi) is 3.89. The van der Waals surface area contributed by atoms with Gasteiger partial charge in [-0.3, -0.25) is 4.79 Å². The van der Waals surface area contributed by atoms with Gasteiger partial charge in [-0.1, -0.05) is 12.1 Å². The normalized spacial score (nSPS) is 10.7. The van der Waals surface area contributed by atoms with Crippen LogP contribution in [-0.4, -0.2) is 26.8 Å². The van der Waals surface area contributed by atoms with Gasteiger partial charge in [-0.05, 0) is 18.2 Å². The van der Waals surface area contributed by atoms with Gasteiger partial charge in [0.25, 0.3) is 0 Å². The van der Waals surface area contributed by atoms with Gasteiger partial charge in [0.05, 0.1) is 25.0 Å². The summed E-state index contributed by atoms with van der Waals surface area (Å²) in [6, 6.07) is 10.1. The summed E-state index contributed by atoms with van der Waals surface area (Å²) in [4.78, 5) is 23.8. The highest BCUT2D eigenvalue weighted by atomic mass is 16.6. The van der Waals surface area contributed by atoms with E-state index in [0.717, 1.165) is 0 Å². The molecule has 6 nitrogen and oxygen atoms in total. The van der Waals surface area contributed by atoms with E-state index in [1.807, 2.05) is 0 Å². The highest BCUT2D eigenvalue weighted by Gasteiger charge is 2.14. The minimum Gasteiger partial charge on any atom is -0.493 e. The smallest absolute Gasteiger partial charge is 0.343 e. The Hall–Kier alpha value is -3.02. The molecule has 0 aliphatic carbocycles. The molecule has 0 atom stereocenters. The van der Waals surface area contributed by atoms with Crippen molar-refractivity contribution in [3.63, 3.8) is 0 Å². The fourth-order valence-corrected chi connectivity index (χ4v) is 2.28. The third-order valence-corrected chi connectivity index (χ3v) is 3.44. The Bertz CT molecular complexity index is 941. The van der Waals surface area contributed by atoms with Crippen molar-refractivity contribution < 1.29 is 23.4 Å². The van der Waals surface area contributed by atoms with Crippen molar-refractivity contribution in [3.05, 3.63) is 46.6 Å². The van der Waals surface area contributed by atoms with Crippen molar-refractivity contribution in [2.45, 2.75) is 0 Å². The van der Waals surface area contributed by atoms with E-state index in [1.54, 1.807) is 30.3 Å². The largest absolute Gasteiger partial charge is 0.493 e. The molecule has 0 amide bonds. The molecule has 1 heterocycles. The number of carbonyl (C=O) groups excluding carboxylic acids is 1. The van der Waals surface area contributed by atoms with Crippen molar-refractivity contribution in [2.75, 3.05) is 20.8 Å². The van der Waals surface area contributed by atoms with E-state index in [0.29, 0.717) is 33.4 Å². The lowest BCUT2D eigenvalue weighted by atomic mass is 10.1. The van der Waals surface area contributed by atoms with Gasteiger partial charge in [0.15, 0.2) is 18.1 Å². The summed E-state index contributed by atoms with van der Waals surface area (Å²) in [7, 11) is 2.73. The molecule has 0 aliphatic heterocycles. The number of carbonyl (C=O) groups is 1. The number of hydrogen-bond acceptors (Lipinski definition) is 6. The van der Waals surface area contributed by atoms with E-state index in [9.17, 15) is 9.59 Å². The fraction of sp³-hybridized carbons (Fsp3) is 0.176. The van der Waals surface area contributed by atoms with Gasteiger partial charge in [0, 0.05) is 6.07 Å². The molecule has 3 rings (SSSR count). The first-order chi connectivity index (χ1) is 11.1. The molecular weight excluding hydrogens is 300 g/mol. The van der Waals surface area contributed by atoms with Gasteiger partial charge in [0.2, 0.25) is 5.43 Å². The van der Waals surface area contributed by atoms with Gasteiger partial charge in [-0.15, -0.1) is 0 Å². The quantitative estimate of drug-likeness (QED) is 0.544. The number of fused-ring (bicyclic) bond motifs is 2. The number of para-hydroxylation sites is 1. The maximum absolute atomic E-state index is 12.5. The van der Waals surface area contributed by atoms with Crippen molar-refractivity contribution >= 4 is 27.9 Å². The second-order valence-corrected chi connectivity index (χ2v) is 4.79. The molecule has 23 heavy (non-hydrogen) atoms. The Balaban J connectivity index is 2.17. The number of hydrogen-bond donors (Lipinski definition) is 0. The summed E-state index contributed by atoms with van der Waals surface area (Å²) >= 11 is 0. The van der Waals surface area contributed by atoms with E-state index in [1.165, 1.54) is 20.3 Å². The van der Waals surface area contributed by atoms with Gasteiger partial charge in [0.1, 0.15) is 11.2 Å². The van der Waals surface area contributed by atoms with Crippen LogP contribution in [0.3, 0.4) is 0 Å². The zero-order valence-electron chi connectivity index (χ0n) is 12.6. The molecule has 0 aliphatic rings. The van der Waals surface area contributed by atoms with Crippen LogP contribution in [0.2, 0.25) is 0 Å². The topological polar surface area (TPSA) is 75.0 Å². The number of esters is 1. The molecular formula is C17H14O6. The van der Waals surface area contributed by atoms with E-state index >= 15 is 0 Å². The van der Waals surface area contributed by atoms with Crippen molar-refractivity contribution in [3.8, 4) is 11.5 Å². The highest BCUT2D eigenvalue weighted by Crippen LogP contribution is 2.32. The SMILES string of the molecule is COC(=O)COc1cc2oc3ccccc3c(=O)c2cc1OC. The molecule has 2 aromatic carbocycles. The van der Waals surface area contributed by atoms with Crippen LogP contribution in [0.5, 0.6) is 11.5 Å². The summed E-state index contributed by atoms with van der Waals surface area (Å²) in [5, 5.41) is 0.872.